The second-order valence-corrected chi connectivity index (χ2v) is 13.7. The van der Waals surface area contributed by atoms with Crippen LogP contribution >= 0.6 is 23.2 Å². The summed E-state index contributed by atoms with van der Waals surface area (Å²) in [6.45, 7) is 4.83. The number of anilines is 1. The molecule has 4 unspecified atom stereocenters. The van der Waals surface area contributed by atoms with Gasteiger partial charge < -0.3 is 24.8 Å². The molecule has 43 heavy (non-hydrogen) atoms. The largest absolute Gasteiger partial charge is 0.508 e. The summed E-state index contributed by atoms with van der Waals surface area (Å²) in [6, 6.07) is 5.73. The van der Waals surface area contributed by atoms with Crippen molar-refractivity contribution < 1.29 is 19.0 Å². The summed E-state index contributed by atoms with van der Waals surface area (Å²) in [7, 11) is 0. The van der Waals surface area contributed by atoms with Crippen molar-refractivity contribution >= 4 is 39.9 Å². The lowest BCUT2D eigenvalue weighted by molar-refractivity contribution is -0.0391. The number of aromatic hydroxyl groups is 1. The van der Waals surface area contributed by atoms with Gasteiger partial charge in [0.1, 0.15) is 17.1 Å². The number of phenols is 1. The smallest absolute Gasteiger partial charge is 0.319 e. The van der Waals surface area contributed by atoms with Gasteiger partial charge in [0.2, 0.25) is 0 Å². The van der Waals surface area contributed by atoms with Gasteiger partial charge in [0.05, 0.1) is 23.8 Å². The van der Waals surface area contributed by atoms with Crippen molar-refractivity contribution in [1.29, 1.82) is 0 Å². The first-order valence-corrected chi connectivity index (χ1v) is 16.4. The summed E-state index contributed by atoms with van der Waals surface area (Å²) in [4.78, 5) is 14.1. The Morgan fingerprint density at radius 3 is 2.42 bits per heavy atom. The molecule has 0 radical (unpaired) electrons. The molecule has 4 bridgehead atoms. The Labute approximate surface area is 260 Å². The molecule has 2 N–H and O–H groups in total. The number of hydrogen-bond acceptors (Lipinski definition) is 8. The van der Waals surface area contributed by atoms with Crippen LogP contribution in [0, 0.1) is 5.82 Å². The highest BCUT2D eigenvalue weighted by Gasteiger charge is 2.36. The van der Waals surface area contributed by atoms with Crippen molar-refractivity contribution in [2.75, 3.05) is 44.2 Å². The van der Waals surface area contributed by atoms with Crippen LogP contribution in [0.4, 0.5) is 10.2 Å². The predicted octanol–water partition coefficient (Wildman–Crippen LogP) is 5.90. The fourth-order valence-corrected chi connectivity index (χ4v) is 8.27. The third-order valence-electron chi connectivity index (χ3n) is 9.70. The molecule has 228 valence electrons. The normalized spacial score (nSPS) is 26.9. The summed E-state index contributed by atoms with van der Waals surface area (Å²) in [5.41, 5.74) is 1.70. The predicted molar refractivity (Wildman–Crippen MR) is 165 cm³/mol. The molecule has 4 atom stereocenters. The fourth-order valence-electron chi connectivity index (χ4n) is 7.61. The van der Waals surface area contributed by atoms with Crippen molar-refractivity contribution in [1.82, 2.24) is 20.2 Å². The van der Waals surface area contributed by atoms with Crippen LogP contribution in [-0.4, -0.2) is 83.6 Å². The van der Waals surface area contributed by atoms with E-state index in [-0.39, 0.29) is 33.8 Å². The molecule has 1 saturated carbocycles. The van der Waals surface area contributed by atoms with Crippen LogP contribution in [0.3, 0.4) is 0 Å². The molecule has 5 aliphatic rings. The molecule has 8 nitrogen and oxygen atoms in total. The molecule has 5 fully saturated rings. The number of halogens is 3. The summed E-state index contributed by atoms with van der Waals surface area (Å²) in [5.74, 6) is 0.275. The molecule has 1 aromatic heterocycles. The number of aromatic nitrogens is 2. The zero-order valence-electron chi connectivity index (χ0n) is 24.0. The lowest BCUT2D eigenvalue weighted by Crippen LogP contribution is -2.51. The fraction of sp³-hybridized carbons (Fsp3) is 0.562. The van der Waals surface area contributed by atoms with E-state index < -0.39 is 5.82 Å². The third-order valence-corrected chi connectivity index (χ3v) is 10.3. The van der Waals surface area contributed by atoms with E-state index in [1.54, 1.807) is 12.1 Å². The second-order valence-electron chi connectivity index (χ2n) is 12.9. The Morgan fingerprint density at radius 1 is 0.953 bits per heavy atom. The van der Waals surface area contributed by atoms with E-state index in [0.717, 1.165) is 83.2 Å². The third kappa shape index (κ3) is 5.41. The van der Waals surface area contributed by atoms with Gasteiger partial charge in [-0.2, -0.15) is 9.97 Å². The zero-order chi connectivity index (χ0) is 29.2. The Balaban J connectivity index is 1.14. The van der Waals surface area contributed by atoms with Crippen LogP contribution < -0.4 is 15.0 Å². The Morgan fingerprint density at radius 2 is 1.70 bits per heavy atom. The van der Waals surface area contributed by atoms with Gasteiger partial charge in [0.15, 0.2) is 5.82 Å². The average Bonchev–Trinajstić information content (AvgIpc) is 3.68. The molecular weight excluding hydrogens is 592 g/mol. The highest BCUT2D eigenvalue weighted by Crippen LogP contribution is 2.51. The standard InChI is InChI=1S/C32H36Cl2FN5O3/c33-25-11-20(41)10-23(27(25)17-2-3-17)28-26(34)12-24-30(29(28)35)37-32(38-31(24)40-13-18-4-5-19(14-40)36-18)42-9-1-8-39-15-21-6-7-22(16-39)43-21/h10-12,17-19,21-22,36,41H,1-9,13-16H2. The maximum absolute atomic E-state index is 16.7. The maximum atomic E-state index is 16.7. The maximum Gasteiger partial charge on any atom is 0.319 e. The number of phenolic OH excluding ortho intramolecular Hbond substituents is 1. The Hall–Kier alpha value is -2.43. The van der Waals surface area contributed by atoms with Crippen molar-refractivity contribution in [3.05, 3.63) is 39.6 Å². The highest BCUT2D eigenvalue weighted by atomic mass is 35.5. The molecule has 3 aromatic rings. The van der Waals surface area contributed by atoms with Gasteiger partial charge >= 0.3 is 6.01 Å². The first kappa shape index (κ1) is 28.1. The van der Waals surface area contributed by atoms with Gasteiger partial charge in [-0.15, -0.1) is 0 Å². The van der Waals surface area contributed by atoms with Crippen molar-refractivity contribution in [2.45, 2.75) is 75.2 Å². The number of nitrogens with one attached hydrogen (secondary N) is 1. The SMILES string of the molecule is Oc1cc(Cl)c(C2CC2)c(-c2c(Cl)cc3c(N4CC5CCC(C4)N5)nc(OCCCN4CC5CCC(C4)O5)nc3c2F)c1. The van der Waals surface area contributed by atoms with E-state index in [9.17, 15) is 5.11 Å². The number of nitrogens with zero attached hydrogens (tertiary/aromatic N) is 4. The minimum absolute atomic E-state index is 0.0306. The molecule has 2 aromatic carbocycles. The van der Waals surface area contributed by atoms with Crippen LogP contribution in [0.1, 0.15) is 56.4 Å². The lowest BCUT2D eigenvalue weighted by Gasteiger charge is -2.34. The Bertz CT molecular complexity index is 1550. The number of rotatable bonds is 8. The van der Waals surface area contributed by atoms with Crippen molar-refractivity contribution in [3.63, 3.8) is 0 Å². The number of likely N-dealkylation sites (tertiary alicyclic amines) is 1. The number of piperazine rings is 1. The first-order valence-electron chi connectivity index (χ1n) is 15.6. The minimum Gasteiger partial charge on any atom is -0.508 e. The highest BCUT2D eigenvalue weighted by molar-refractivity contribution is 6.35. The van der Waals surface area contributed by atoms with E-state index in [4.69, 9.17) is 37.7 Å². The van der Waals surface area contributed by atoms with E-state index in [2.05, 4.69) is 20.1 Å². The molecule has 5 heterocycles. The van der Waals surface area contributed by atoms with Crippen LogP contribution in [0.5, 0.6) is 11.8 Å². The van der Waals surface area contributed by atoms with Gasteiger partial charge in [-0.1, -0.05) is 23.2 Å². The van der Waals surface area contributed by atoms with Gasteiger partial charge in [-0.25, -0.2) is 4.39 Å². The molecular formula is C32H36Cl2FN5O3. The Kier molecular flexibility index (Phi) is 7.30. The van der Waals surface area contributed by atoms with E-state index in [1.807, 2.05) is 0 Å². The lowest BCUT2D eigenvalue weighted by atomic mass is 9.94. The molecule has 0 amide bonds. The van der Waals surface area contributed by atoms with Crippen molar-refractivity contribution in [2.24, 2.45) is 0 Å². The van der Waals surface area contributed by atoms with Crippen LogP contribution in [-0.2, 0) is 4.74 Å². The van der Waals surface area contributed by atoms with Gasteiger partial charge in [0.25, 0.3) is 0 Å². The average molecular weight is 629 g/mol. The molecule has 4 saturated heterocycles. The number of benzene rings is 2. The van der Waals surface area contributed by atoms with Crippen LogP contribution in [0.2, 0.25) is 10.0 Å². The van der Waals surface area contributed by atoms with Gasteiger partial charge in [-0.05, 0) is 80.2 Å². The molecule has 8 rings (SSSR count). The van der Waals surface area contributed by atoms with Gasteiger partial charge in [-0.3, -0.25) is 4.90 Å². The van der Waals surface area contributed by atoms with Crippen LogP contribution in [0.25, 0.3) is 22.0 Å². The number of morpholine rings is 1. The second kappa shape index (κ2) is 11.2. The first-order chi connectivity index (χ1) is 20.9. The topological polar surface area (TPSA) is 83.0 Å². The quantitative estimate of drug-likeness (QED) is 0.299. The summed E-state index contributed by atoms with van der Waals surface area (Å²) in [6.07, 6.45) is 7.96. The molecule has 4 aliphatic heterocycles. The number of ether oxygens (including phenoxy) is 2. The van der Waals surface area contributed by atoms with Crippen molar-refractivity contribution in [3.8, 4) is 22.9 Å². The monoisotopic (exact) mass is 627 g/mol. The molecule has 11 heteroatoms. The molecule has 1 aliphatic carbocycles. The van der Waals surface area contributed by atoms with E-state index >= 15 is 4.39 Å². The van der Waals surface area contributed by atoms with Crippen LogP contribution in [0.15, 0.2) is 18.2 Å². The van der Waals surface area contributed by atoms with Gasteiger partial charge in [0, 0.05) is 60.8 Å². The number of fused-ring (bicyclic) bond motifs is 5. The van der Waals surface area contributed by atoms with E-state index in [1.165, 1.54) is 6.07 Å². The van der Waals surface area contributed by atoms with E-state index in [0.29, 0.717) is 52.7 Å². The minimum atomic E-state index is -0.554. The zero-order valence-corrected chi connectivity index (χ0v) is 25.5. The summed E-state index contributed by atoms with van der Waals surface area (Å²) < 4.78 is 28.8. The summed E-state index contributed by atoms with van der Waals surface area (Å²) >= 11 is 13.5. The summed E-state index contributed by atoms with van der Waals surface area (Å²) in [5, 5.41) is 15.3. The number of hydrogen-bond donors (Lipinski definition) is 2. The molecule has 0 spiro atoms.